The van der Waals surface area contributed by atoms with Crippen molar-refractivity contribution < 1.29 is 9.13 Å². The summed E-state index contributed by atoms with van der Waals surface area (Å²) < 4.78 is 19.4. The van der Waals surface area contributed by atoms with Gasteiger partial charge in [-0.05, 0) is 19.5 Å². The summed E-state index contributed by atoms with van der Waals surface area (Å²) in [5.41, 5.74) is 0.864. The van der Waals surface area contributed by atoms with Crippen LogP contribution in [0.2, 0.25) is 5.02 Å². The molecule has 1 aromatic carbocycles. The lowest BCUT2D eigenvalue weighted by atomic mass is 10.0. The summed E-state index contributed by atoms with van der Waals surface area (Å²) in [5, 5.41) is 3.28. The van der Waals surface area contributed by atoms with Crippen molar-refractivity contribution in [3.63, 3.8) is 0 Å². The summed E-state index contributed by atoms with van der Waals surface area (Å²) in [6, 6.07) is 3.47. The van der Waals surface area contributed by atoms with Crippen molar-refractivity contribution in [1.82, 2.24) is 5.32 Å². The number of likely N-dealkylation sites (N-methyl/N-ethyl adjacent to an activating group) is 1. The van der Waals surface area contributed by atoms with E-state index in [1.54, 1.807) is 6.07 Å². The van der Waals surface area contributed by atoms with Crippen LogP contribution >= 0.6 is 11.6 Å². The Morgan fingerprint density at radius 3 is 2.88 bits per heavy atom. The van der Waals surface area contributed by atoms with Crippen molar-refractivity contribution >= 4 is 11.6 Å². The number of hydrogen-bond donors (Lipinski definition) is 1. The molecule has 1 aromatic rings. The lowest BCUT2D eigenvalue weighted by Crippen LogP contribution is -2.28. The van der Waals surface area contributed by atoms with Crippen molar-refractivity contribution in [2.24, 2.45) is 0 Å². The summed E-state index contributed by atoms with van der Waals surface area (Å²) in [7, 11) is 1.86. The summed E-state index contributed by atoms with van der Waals surface area (Å²) in [6.07, 6.45) is 1.90. The molecule has 0 spiro atoms. The topological polar surface area (TPSA) is 21.3 Å². The molecule has 0 radical (unpaired) electrons. The average Bonchev–Trinajstić information content (AvgIpc) is 2.62. The molecule has 88 valence electrons. The number of ether oxygens (including phenoxy) is 1. The fourth-order valence-electron chi connectivity index (χ4n) is 2.18. The lowest BCUT2D eigenvalue weighted by molar-refractivity contribution is 0.177. The van der Waals surface area contributed by atoms with Crippen LogP contribution in [-0.2, 0) is 0 Å². The van der Waals surface area contributed by atoms with Crippen LogP contribution in [0.3, 0.4) is 0 Å². The molecule has 0 bridgehead atoms. The zero-order chi connectivity index (χ0) is 11.7. The molecule has 2 atom stereocenters. The molecule has 0 saturated carbocycles. The largest absolute Gasteiger partial charge is 0.485 e. The van der Waals surface area contributed by atoms with Gasteiger partial charge in [-0.15, -0.1) is 0 Å². The van der Waals surface area contributed by atoms with E-state index in [1.807, 2.05) is 13.1 Å². The summed E-state index contributed by atoms with van der Waals surface area (Å²) in [5.74, 6) is -0.136. The molecule has 2 nitrogen and oxygen atoms in total. The fourth-order valence-corrected chi connectivity index (χ4v) is 2.33. The second kappa shape index (κ2) is 4.60. The molecule has 0 aliphatic carbocycles. The van der Waals surface area contributed by atoms with Gasteiger partial charge in [-0.2, -0.15) is 0 Å². The molecule has 4 heteroatoms. The molecule has 1 heterocycles. The fraction of sp³-hybridized carbons (Fsp3) is 0.500. The van der Waals surface area contributed by atoms with E-state index in [-0.39, 0.29) is 17.2 Å². The van der Waals surface area contributed by atoms with Crippen LogP contribution in [0.5, 0.6) is 5.75 Å². The first-order valence-corrected chi connectivity index (χ1v) is 5.88. The summed E-state index contributed by atoms with van der Waals surface area (Å²) in [6.45, 7) is 2.09. The van der Waals surface area contributed by atoms with E-state index < -0.39 is 5.82 Å². The minimum Gasteiger partial charge on any atom is -0.485 e. The summed E-state index contributed by atoms with van der Waals surface area (Å²) >= 11 is 5.73. The number of nitrogens with one attached hydrogen (secondary N) is 1. The van der Waals surface area contributed by atoms with Crippen LogP contribution in [0.25, 0.3) is 0 Å². The highest BCUT2D eigenvalue weighted by molar-refractivity contribution is 6.30. The highest BCUT2D eigenvalue weighted by Gasteiger charge is 2.35. The van der Waals surface area contributed by atoms with Gasteiger partial charge in [-0.3, -0.25) is 0 Å². The molecule has 1 N–H and O–H groups in total. The molecular formula is C12H15ClFNO. The first kappa shape index (κ1) is 11.7. The number of hydrogen-bond acceptors (Lipinski definition) is 2. The molecule has 1 aliphatic rings. The third-order valence-electron chi connectivity index (χ3n) is 2.94. The van der Waals surface area contributed by atoms with Crippen LogP contribution in [-0.4, -0.2) is 13.2 Å². The Labute approximate surface area is 99.7 Å². The predicted molar refractivity (Wildman–Crippen MR) is 62.5 cm³/mol. The van der Waals surface area contributed by atoms with Crippen molar-refractivity contribution in [1.29, 1.82) is 0 Å². The average molecular weight is 244 g/mol. The van der Waals surface area contributed by atoms with E-state index in [0.717, 1.165) is 18.4 Å². The molecule has 0 fully saturated rings. The number of fused-ring (bicyclic) bond motifs is 1. The van der Waals surface area contributed by atoms with Crippen LogP contribution in [0.4, 0.5) is 4.39 Å². The van der Waals surface area contributed by atoms with Gasteiger partial charge in [0, 0.05) is 5.56 Å². The Kier molecular flexibility index (Phi) is 3.36. The number of rotatable bonds is 3. The second-order valence-electron chi connectivity index (χ2n) is 3.99. The van der Waals surface area contributed by atoms with Crippen molar-refractivity contribution in [3.05, 3.63) is 28.5 Å². The van der Waals surface area contributed by atoms with Crippen LogP contribution in [0.15, 0.2) is 12.1 Å². The van der Waals surface area contributed by atoms with Gasteiger partial charge in [0.25, 0.3) is 0 Å². The first-order valence-electron chi connectivity index (χ1n) is 5.50. The highest BCUT2D eigenvalue weighted by Crippen LogP contribution is 2.41. The van der Waals surface area contributed by atoms with E-state index >= 15 is 0 Å². The second-order valence-corrected chi connectivity index (χ2v) is 4.40. The van der Waals surface area contributed by atoms with Crippen LogP contribution < -0.4 is 10.1 Å². The number of benzene rings is 1. The predicted octanol–water partition coefficient (Wildman–Crippen LogP) is 3.30. The molecule has 2 unspecified atom stereocenters. The Morgan fingerprint density at radius 2 is 2.25 bits per heavy atom. The van der Waals surface area contributed by atoms with Gasteiger partial charge in [0.05, 0.1) is 11.1 Å². The molecule has 1 aliphatic heterocycles. The maximum Gasteiger partial charge on any atom is 0.183 e. The lowest BCUT2D eigenvalue weighted by Gasteiger charge is -2.17. The van der Waals surface area contributed by atoms with E-state index in [2.05, 4.69) is 12.2 Å². The maximum absolute atomic E-state index is 13.7. The third-order valence-corrected chi connectivity index (χ3v) is 3.23. The molecule has 2 rings (SSSR count). The molecule has 0 amide bonds. The Hall–Kier alpha value is -0.800. The van der Waals surface area contributed by atoms with Crippen molar-refractivity contribution in [3.8, 4) is 5.75 Å². The van der Waals surface area contributed by atoms with Crippen molar-refractivity contribution in [2.75, 3.05) is 7.05 Å². The third kappa shape index (κ3) is 1.78. The van der Waals surface area contributed by atoms with Crippen LogP contribution in [0.1, 0.15) is 31.4 Å². The molecule has 0 aromatic heterocycles. The zero-order valence-corrected chi connectivity index (χ0v) is 10.1. The Bertz CT molecular complexity index is 397. The smallest absolute Gasteiger partial charge is 0.183 e. The maximum atomic E-state index is 13.7. The minimum absolute atomic E-state index is 0.00188. The van der Waals surface area contributed by atoms with E-state index in [0.29, 0.717) is 5.75 Å². The van der Waals surface area contributed by atoms with Gasteiger partial charge in [-0.25, -0.2) is 4.39 Å². The quantitative estimate of drug-likeness (QED) is 0.880. The minimum atomic E-state index is -0.446. The highest BCUT2D eigenvalue weighted by atomic mass is 35.5. The monoisotopic (exact) mass is 243 g/mol. The Morgan fingerprint density at radius 1 is 1.50 bits per heavy atom. The first-order chi connectivity index (χ1) is 7.69. The van der Waals surface area contributed by atoms with Gasteiger partial charge >= 0.3 is 0 Å². The van der Waals surface area contributed by atoms with E-state index in [1.165, 1.54) is 0 Å². The summed E-state index contributed by atoms with van der Waals surface area (Å²) in [4.78, 5) is 0. The van der Waals surface area contributed by atoms with Gasteiger partial charge in [-0.1, -0.05) is 31.0 Å². The molecular weight excluding hydrogens is 229 g/mol. The normalized spacial score (nSPS) is 23.0. The number of halogens is 2. The van der Waals surface area contributed by atoms with E-state index in [9.17, 15) is 4.39 Å². The van der Waals surface area contributed by atoms with Crippen molar-refractivity contribution in [2.45, 2.75) is 31.9 Å². The van der Waals surface area contributed by atoms with Crippen LogP contribution in [0, 0.1) is 5.82 Å². The van der Waals surface area contributed by atoms with Gasteiger partial charge in [0.1, 0.15) is 6.10 Å². The molecule has 0 saturated heterocycles. The van der Waals surface area contributed by atoms with E-state index in [4.69, 9.17) is 16.3 Å². The van der Waals surface area contributed by atoms with Gasteiger partial charge in [0.15, 0.2) is 11.6 Å². The van der Waals surface area contributed by atoms with Gasteiger partial charge < -0.3 is 10.1 Å². The molecule has 16 heavy (non-hydrogen) atoms. The standard InChI is InChI=1S/C12H15ClFNO/c1-3-4-9-11(15-2)7-5-6-8(13)10(14)12(7)16-9/h5-6,9,11,15H,3-4H2,1-2H3. The van der Waals surface area contributed by atoms with Gasteiger partial charge in [0.2, 0.25) is 0 Å². The Balaban J connectivity index is 2.38. The SMILES string of the molecule is CCCC1Oc2c(ccc(Cl)c2F)C1NC. The zero-order valence-electron chi connectivity index (χ0n) is 9.39.